The monoisotopic (exact) mass is 349 g/mol. The summed E-state index contributed by atoms with van der Waals surface area (Å²) in [7, 11) is 0. The van der Waals surface area contributed by atoms with E-state index in [1.165, 1.54) is 10.9 Å². The Kier molecular flexibility index (Phi) is 3.36. The van der Waals surface area contributed by atoms with E-state index in [1.54, 1.807) is 0 Å². The maximum Gasteiger partial charge on any atom is 0.262 e. The van der Waals surface area contributed by atoms with Crippen molar-refractivity contribution in [1.29, 1.82) is 0 Å². The van der Waals surface area contributed by atoms with E-state index in [9.17, 15) is 20.1 Å². The van der Waals surface area contributed by atoms with Gasteiger partial charge in [-0.25, -0.2) is 9.97 Å². The number of aliphatic hydroxyl groups excluding tert-OH is 3. The van der Waals surface area contributed by atoms with Gasteiger partial charge in [0.2, 0.25) is 5.95 Å². The first kappa shape index (κ1) is 15.7. The minimum Gasteiger partial charge on any atom is -0.394 e. The number of hydrogen-bond acceptors (Lipinski definition) is 10. The summed E-state index contributed by atoms with van der Waals surface area (Å²) < 4.78 is 6.85. The number of H-pyrrole nitrogens is 1. The van der Waals surface area contributed by atoms with Crippen molar-refractivity contribution < 1.29 is 20.1 Å². The molecule has 4 rings (SSSR count). The minimum absolute atomic E-state index is 0.0394. The first-order valence-electron chi connectivity index (χ1n) is 7.36. The second-order valence-corrected chi connectivity index (χ2v) is 5.71. The van der Waals surface area contributed by atoms with Crippen LogP contribution in [0.4, 0.5) is 11.8 Å². The Morgan fingerprint density at radius 3 is 2.64 bits per heavy atom. The van der Waals surface area contributed by atoms with Crippen LogP contribution in [0, 0.1) is 0 Å². The fraction of sp³-hybridized carbons (Fsp3) is 0.385. The SMILES string of the molecule is Nc1nc2c(c(=O)[nH]1)c1c(N)ncnc1n2[C@H]1O[C@@H](CO)[C@@H](O)[C@H]1O. The molecule has 1 fully saturated rings. The standard InChI is InChI=1S/C13H15N7O5/c14-8-4-5-10(18-13(15)19-11(5)24)20(9(4)17-2-16-8)12-7(23)6(22)3(1-21)25-12/h2-3,6-7,12,21-23H,1H2,(H2,14,16,17)(H3,15,18,19,24)/t3-,6+,7+,12-/m0/s1. The number of rotatable bonds is 2. The van der Waals surface area contributed by atoms with Crippen molar-refractivity contribution in [2.45, 2.75) is 24.5 Å². The summed E-state index contributed by atoms with van der Waals surface area (Å²) in [6.45, 7) is -0.501. The predicted octanol–water partition coefficient (Wildman–Crippen LogP) is -2.56. The smallest absolute Gasteiger partial charge is 0.262 e. The van der Waals surface area contributed by atoms with Crippen molar-refractivity contribution in [3.63, 3.8) is 0 Å². The number of aromatic nitrogens is 5. The van der Waals surface area contributed by atoms with E-state index in [2.05, 4.69) is 19.9 Å². The molecule has 8 N–H and O–H groups in total. The summed E-state index contributed by atoms with van der Waals surface area (Å²) in [5.41, 5.74) is 11.2. The van der Waals surface area contributed by atoms with Gasteiger partial charge in [0.1, 0.15) is 36.1 Å². The highest BCUT2D eigenvalue weighted by molar-refractivity contribution is 6.09. The number of aromatic amines is 1. The van der Waals surface area contributed by atoms with Gasteiger partial charge in [0.05, 0.1) is 17.4 Å². The van der Waals surface area contributed by atoms with Crippen LogP contribution < -0.4 is 17.0 Å². The van der Waals surface area contributed by atoms with Gasteiger partial charge in [0.25, 0.3) is 5.56 Å². The van der Waals surface area contributed by atoms with Crippen molar-refractivity contribution in [3.8, 4) is 0 Å². The molecule has 0 aliphatic carbocycles. The van der Waals surface area contributed by atoms with Gasteiger partial charge in [0.15, 0.2) is 11.9 Å². The third-order valence-corrected chi connectivity index (χ3v) is 4.25. The van der Waals surface area contributed by atoms with E-state index < -0.39 is 36.7 Å². The van der Waals surface area contributed by atoms with Gasteiger partial charge in [-0.1, -0.05) is 0 Å². The van der Waals surface area contributed by atoms with E-state index in [0.29, 0.717) is 0 Å². The highest BCUT2D eigenvalue weighted by Crippen LogP contribution is 2.36. The van der Waals surface area contributed by atoms with Gasteiger partial charge < -0.3 is 31.5 Å². The number of ether oxygens (including phenoxy) is 1. The number of hydrogen-bond donors (Lipinski definition) is 6. The zero-order valence-corrected chi connectivity index (χ0v) is 12.7. The molecule has 3 aromatic rings. The summed E-state index contributed by atoms with van der Waals surface area (Å²) in [6.07, 6.45) is -3.71. The van der Waals surface area contributed by atoms with Crippen LogP contribution in [0.3, 0.4) is 0 Å². The van der Waals surface area contributed by atoms with Crippen molar-refractivity contribution in [2.75, 3.05) is 18.1 Å². The Bertz CT molecular complexity index is 1030. The molecule has 1 aliphatic rings. The quantitative estimate of drug-likeness (QED) is 0.286. The second-order valence-electron chi connectivity index (χ2n) is 5.71. The van der Waals surface area contributed by atoms with E-state index in [4.69, 9.17) is 16.2 Å². The van der Waals surface area contributed by atoms with Crippen LogP contribution in [-0.2, 0) is 4.74 Å². The van der Waals surface area contributed by atoms with Gasteiger partial charge in [0, 0.05) is 0 Å². The van der Waals surface area contributed by atoms with Crippen molar-refractivity contribution >= 4 is 33.8 Å². The van der Waals surface area contributed by atoms with Crippen molar-refractivity contribution in [2.24, 2.45) is 0 Å². The van der Waals surface area contributed by atoms with Crippen LogP contribution in [-0.4, -0.2) is 64.7 Å². The molecule has 4 heterocycles. The first-order valence-corrected chi connectivity index (χ1v) is 7.36. The van der Waals surface area contributed by atoms with Crippen molar-refractivity contribution in [3.05, 3.63) is 16.7 Å². The molecule has 12 heteroatoms. The molecule has 4 atom stereocenters. The molecule has 0 bridgehead atoms. The summed E-state index contributed by atoms with van der Waals surface area (Å²) in [4.78, 5) is 26.8. The van der Waals surface area contributed by atoms with Gasteiger partial charge in [-0.2, -0.15) is 4.98 Å². The molecular weight excluding hydrogens is 334 g/mol. The van der Waals surface area contributed by atoms with Gasteiger partial charge in [-0.15, -0.1) is 0 Å². The fourth-order valence-corrected chi connectivity index (χ4v) is 3.12. The maximum atomic E-state index is 12.4. The predicted molar refractivity (Wildman–Crippen MR) is 85.3 cm³/mol. The third kappa shape index (κ3) is 2.09. The first-order chi connectivity index (χ1) is 11.9. The Morgan fingerprint density at radius 2 is 1.96 bits per heavy atom. The zero-order valence-electron chi connectivity index (χ0n) is 12.7. The highest BCUT2D eigenvalue weighted by Gasteiger charge is 2.45. The number of nitrogens with one attached hydrogen (secondary N) is 1. The Morgan fingerprint density at radius 1 is 1.20 bits per heavy atom. The summed E-state index contributed by atoms with van der Waals surface area (Å²) in [5, 5.41) is 29.9. The van der Waals surface area contributed by atoms with Crippen LogP contribution in [0.5, 0.6) is 0 Å². The molecule has 1 saturated heterocycles. The van der Waals surface area contributed by atoms with Crippen LogP contribution in [0.25, 0.3) is 22.1 Å². The van der Waals surface area contributed by atoms with Crippen LogP contribution in [0.15, 0.2) is 11.1 Å². The van der Waals surface area contributed by atoms with E-state index in [1.807, 2.05) is 0 Å². The minimum atomic E-state index is -1.39. The molecule has 3 aromatic heterocycles. The van der Waals surface area contributed by atoms with Gasteiger partial charge >= 0.3 is 0 Å². The Hall–Kier alpha value is -2.80. The average Bonchev–Trinajstić information content (AvgIpc) is 3.04. The molecule has 0 amide bonds. The summed E-state index contributed by atoms with van der Waals surface area (Å²) >= 11 is 0. The van der Waals surface area contributed by atoms with Crippen LogP contribution in [0.1, 0.15) is 6.23 Å². The highest BCUT2D eigenvalue weighted by atomic mass is 16.6. The number of nitrogen functional groups attached to an aromatic ring is 2. The normalized spacial score (nSPS) is 26.7. The lowest BCUT2D eigenvalue weighted by atomic mass is 10.1. The van der Waals surface area contributed by atoms with E-state index >= 15 is 0 Å². The fourth-order valence-electron chi connectivity index (χ4n) is 3.12. The van der Waals surface area contributed by atoms with Gasteiger partial charge in [-0.3, -0.25) is 14.3 Å². The third-order valence-electron chi connectivity index (χ3n) is 4.25. The number of anilines is 2. The second kappa shape index (κ2) is 5.35. The molecule has 0 aromatic carbocycles. The Balaban J connectivity index is 2.09. The molecule has 0 saturated carbocycles. The lowest BCUT2D eigenvalue weighted by Gasteiger charge is -2.18. The van der Waals surface area contributed by atoms with E-state index in [0.717, 1.165) is 0 Å². The summed E-state index contributed by atoms with van der Waals surface area (Å²) in [5.74, 6) is -0.114. The average molecular weight is 349 g/mol. The molecule has 25 heavy (non-hydrogen) atoms. The number of nitrogens with zero attached hydrogens (tertiary/aromatic N) is 4. The van der Waals surface area contributed by atoms with Crippen LogP contribution in [0.2, 0.25) is 0 Å². The molecule has 0 spiro atoms. The number of nitrogens with two attached hydrogens (primary N) is 2. The lowest BCUT2D eigenvalue weighted by molar-refractivity contribution is -0.0492. The molecule has 0 unspecified atom stereocenters. The zero-order chi connectivity index (χ0) is 17.9. The molecule has 132 valence electrons. The summed E-state index contributed by atoms with van der Waals surface area (Å²) in [6, 6.07) is 0. The molecule has 1 aliphatic heterocycles. The lowest BCUT2D eigenvalue weighted by Crippen LogP contribution is -2.33. The molecular formula is C13H15N7O5. The largest absolute Gasteiger partial charge is 0.394 e. The molecule has 12 nitrogen and oxygen atoms in total. The van der Waals surface area contributed by atoms with Crippen molar-refractivity contribution in [1.82, 2.24) is 24.5 Å². The Labute approximate surface area is 138 Å². The topological polar surface area (TPSA) is 198 Å². The van der Waals surface area contributed by atoms with Gasteiger partial charge in [-0.05, 0) is 0 Å². The molecule has 0 radical (unpaired) electrons. The van der Waals surface area contributed by atoms with E-state index in [-0.39, 0.29) is 33.8 Å². The number of aliphatic hydroxyl groups is 3. The number of fused-ring (bicyclic) bond motifs is 3. The maximum absolute atomic E-state index is 12.4. The van der Waals surface area contributed by atoms with Crippen LogP contribution >= 0.6 is 0 Å².